The van der Waals surface area contributed by atoms with Crippen molar-refractivity contribution in [3.05, 3.63) is 23.2 Å². The first-order valence-electron chi connectivity index (χ1n) is 6.92. The van der Waals surface area contributed by atoms with Crippen LogP contribution in [0.2, 0.25) is 5.02 Å². The fourth-order valence-corrected chi connectivity index (χ4v) is 5.10. The van der Waals surface area contributed by atoms with Crippen molar-refractivity contribution < 1.29 is 23.1 Å². The van der Waals surface area contributed by atoms with Crippen molar-refractivity contribution >= 4 is 27.6 Å². The SMILES string of the molecule is COc1ccc(Cl)c(S(=O)(=O)N[C@@H]2C[C@H](C(=O)O)[C@H]3C[C@H]32)c1. The number of hydrogen-bond donors (Lipinski definition) is 2. The number of benzene rings is 1. The molecule has 0 bridgehead atoms. The fourth-order valence-electron chi connectivity index (χ4n) is 3.28. The van der Waals surface area contributed by atoms with Gasteiger partial charge in [-0.2, -0.15) is 0 Å². The molecule has 2 saturated carbocycles. The quantitative estimate of drug-likeness (QED) is 0.847. The summed E-state index contributed by atoms with van der Waals surface area (Å²) < 4.78 is 32.7. The van der Waals surface area contributed by atoms with E-state index in [1.165, 1.54) is 19.2 Å². The Bertz CT molecular complexity index is 720. The minimum absolute atomic E-state index is 0.0514. The Balaban J connectivity index is 1.82. The number of carboxylic acids is 1. The van der Waals surface area contributed by atoms with Crippen molar-refractivity contribution in [2.45, 2.75) is 23.8 Å². The maximum Gasteiger partial charge on any atom is 0.306 e. The van der Waals surface area contributed by atoms with Crippen LogP contribution in [0.5, 0.6) is 5.75 Å². The molecule has 2 aliphatic carbocycles. The van der Waals surface area contributed by atoms with Gasteiger partial charge >= 0.3 is 5.97 Å². The number of aliphatic carboxylic acids is 1. The number of halogens is 1. The molecule has 0 saturated heterocycles. The number of sulfonamides is 1. The smallest absolute Gasteiger partial charge is 0.306 e. The molecule has 0 heterocycles. The van der Waals surface area contributed by atoms with E-state index < -0.39 is 21.9 Å². The largest absolute Gasteiger partial charge is 0.497 e. The number of ether oxygens (including phenoxy) is 1. The molecule has 4 atom stereocenters. The molecule has 1 aromatic carbocycles. The Morgan fingerprint density at radius 1 is 1.36 bits per heavy atom. The van der Waals surface area contributed by atoms with Crippen LogP contribution in [0.4, 0.5) is 0 Å². The summed E-state index contributed by atoms with van der Waals surface area (Å²) in [5, 5.41) is 9.25. The summed E-state index contributed by atoms with van der Waals surface area (Å²) in [6.07, 6.45) is 1.08. The summed E-state index contributed by atoms with van der Waals surface area (Å²) in [4.78, 5) is 11.1. The second-order valence-corrected chi connectivity index (χ2v) is 7.86. The van der Waals surface area contributed by atoms with E-state index in [0.717, 1.165) is 6.42 Å². The standard InChI is InChI=1S/C14H16ClNO5S/c1-21-7-2-3-11(15)13(4-7)22(19,20)16-12-6-10(14(17)18)8-5-9(8)12/h2-4,8-10,12,16H,5-6H2,1H3,(H,17,18)/t8-,9+,10-,12+/m0/s1. The van der Waals surface area contributed by atoms with Crippen molar-refractivity contribution in [3.63, 3.8) is 0 Å². The molecule has 0 aliphatic heterocycles. The van der Waals surface area contributed by atoms with E-state index in [9.17, 15) is 13.2 Å². The minimum Gasteiger partial charge on any atom is -0.497 e. The van der Waals surface area contributed by atoms with Crippen LogP contribution >= 0.6 is 11.6 Å². The van der Waals surface area contributed by atoms with Crippen LogP contribution in [0.15, 0.2) is 23.1 Å². The third kappa shape index (κ3) is 2.68. The molecule has 3 rings (SSSR count). The zero-order chi connectivity index (χ0) is 16.1. The molecular weight excluding hydrogens is 330 g/mol. The van der Waals surface area contributed by atoms with Crippen LogP contribution in [-0.4, -0.2) is 32.6 Å². The van der Waals surface area contributed by atoms with Crippen molar-refractivity contribution in [2.75, 3.05) is 7.11 Å². The summed E-state index contributed by atoms with van der Waals surface area (Å²) in [6.45, 7) is 0. The second kappa shape index (κ2) is 5.40. The highest BCUT2D eigenvalue weighted by Crippen LogP contribution is 2.55. The average Bonchev–Trinajstić information content (AvgIpc) is 3.17. The van der Waals surface area contributed by atoms with Gasteiger partial charge in [0.05, 0.1) is 18.1 Å². The molecule has 22 heavy (non-hydrogen) atoms. The molecule has 6 nitrogen and oxygen atoms in total. The van der Waals surface area contributed by atoms with Crippen LogP contribution in [0.1, 0.15) is 12.8 Å². The summed E-state index contributed by atoms with van der Waals surface area (Å²) in [5.74, 6) is -0.720. The van der Waals surface area contributed by atoms with Gasteiger partial charge in [-0.15, -0.1) is 0 Å². The number of fused-ring (bicyclic) bond motifs is 1. The molecule has 0 spiro atoms. The molecule has 0 amide bonds. The maximum absolute atomic E-state index is 12.5. The molecular formula is C14H16ClNO5S. The molecule has 2 N–H and O–H groups in total. The van der Waals surface area contributed by atoms with Gasteiger partial charge < -0.3 is 9.84 Å². The molecule has 0 radical (unpaired) electrons. The van der Waals surface area contributed by atoms with Crippen LogP contribution < -0.4 is 9.46 Å². The molecule has 120 valence electrons. The van der Waals surface area contributed by atoms with E-state index in [-0.39, 0.29) is 27.8 Å². The zero-order valence-corrected chi connectivity index (χ0v) is 13.4. The van der Waals surface area contributed by atoms with Gasteiger partial charge in [-0.05, 0) is 36.8 Å². The van der Waals surface area contributed by atoms with Gasteiger partial charge in [0.2, 0.25) is 10.0 Å². The lowest BCUT2D eigenvalue weighted by molar-refractivity contribution is -0.142. The zero-order valence-electron chi connectivity index (χ0n) is 11.8. The summed E-state index contributed by atoms with van der Waals surface area (Å²) in [5.41, 5.74) is 0. The normalized spacial score (nSPS) is 29.9. The Morgan fingerprint density at radius 2 is 2.09 bits per heavy atom. The third-order valence-electron chi connectivity index (χ3n) is 4.48. The number of hydrogen-bond acceptors (Lipinski definition) is 4. The first kappa shape index (κ1) is 15.6. The number of methoxy groups -OCH3 is 1. The van der Waals surface area contributed by atoms with Gasteiger partial charge in [0, 0.05) is 12.1 Å². The Hall–Kier alpha value is -1.31. The second-order valence-electron chi connectivity index (χ2n) is 5.77. The fraction of sp³-hybridized carbons (Fsp3) is 0.500. The summed E-state index contributed by atoms with van der Waals surface area (Å²) in [7, 11) is -2.38. The predicted molar refractivity (Wildman–Crippen MR) is 79.5 cm³/mol. The lowest BCUT2D eigenvalue weighted by Gasteiger charge is -2.17. The minimum atomic E-state index is -3.82. The number of carbonyl (C=O) groups is 1. The molecule has 0 unspecified atom stereocenters. The molecule has 0 aromatic heterocycles. The van der Waals surface area contributed by atoms with E-state index in [1.54, 1.807) is 6.07 Å². The van der Waals surface area contributed by atoms with Gasteiger partial charge in [0.25, 0.3) is 0 Å². The van der Waals surface area contributed by atoms with E-state index in [2.05, 4.69) is 4.72 Å². The summed E-state index contributed by atoms with van der Waals surface area (Å²) >= 11 is 5.98. The topological polar surface area (TPSA) is 92.7 Å². The number of nitrogens with one attached hydrogen (secondary N) is 1. The van der Waals surface area contributed by atoms with Gasteiger partial charge in [-0.1, -0.05) is 11.6 Å². The van der Waals surface area contributed by atoms with Crippen LogP contribution in [0, 0.1) is 17.8 Å². The van der Waals surface area contributed by atoms with E-state index in [0.29, 0.717) is 12.2 Å². The molecule has 2 fully saturated rings. The van der Waals surface area contributed by atoms with Crippen molar-refractivity contribution in [3.8, 4) is 5.75 Å². The highest BCUT2D eigenvalue weighted by atomic mass is 35.5. The van der Waals surface area contributed by atoms with Gasteiger partial charge in [0.15, 0.2) is 0 Å². The van der Waals surface area contributed by atoms with Crippen LogP contribution in [0.3, 0.4) is 0 Å². The Morgan fingerprint density at radius 3 is 2.68 bits per heavy atom. The van der Waals surface area contributed by atoms with Gasteiger partial charge in [-0.3, -0.25) is 4.79 Å². The highest BCUT2D eigenvalue weighted by Gasteiger charge is 2.57. The van der Waals surface area contributed by atoms with Gasteiger partial charge in [-0.25, -0.2) is 13.1 Å². The Labute approximate surface area is 133 Å². The van der Waals surface area contributed by atoms with E-state index in [1.807, 2.05) is 0 Å². The number of rotatable bonds is 5. The van der Waals surface area contributed by atoms with Gasteiger partial charge in [0.1, 0.15) is 10.6 Å². The average molecular weight is 346 g/mol. The predicted octanol–water partition coefficient (Wildman–Crippen LogP) is 1.74. The van der Waals surface area contributed by atoms with Crippen LogP contribution in [-0.2, 0) is 14.8 Å². The van der Waals surface area contributed by atoms with E-state index in [4.69, 9.17) is 21.4 Å². The molecule has 1 aromatic rings. The third-order valence-corrected chi connectivity index (χ3v) is 6.46. The van der Waals surface area contributed by atoms with Crippen molar-refractivity contribution in [2.24, 2.45) is 17.8 Å². The molecule has 2 aliphatic rings. The lowest BCUT2D eigenvalue weighted by Crippen LogP contribution is -2.36. The van der Waals surface area contributed by atoms with Crippen molar-refractivity contribution in [1.29, 1.82) is 0 Å². The van der Waals surface area contributed by atoms with Crippen molar-refractivity contribution in [1.82, 2.24) is 4.72 Å². The monoisotopic (exact) mass is 345 g/mol. The van der Waals surface area contributed by atoms with Crippen LogP contribution in [0.25, 0.3) is 0 Å². The first-order chi connectivity index (χ1) is 10.3. The summed E-state index contributed by atoms with van der Waals surface area (Å²) in [6, 6.07) is 4.05. The first-order valence-corrected chi connectivity index (χ1v) is 8.78. The van der Waals surface area contributed by atoms with E-state index >= 15 is 0 Å². The highest BCUT2D eigenvalue weighted by molar-refractivity contribution is 7.89. The lowest BCUT2D eigenvalue weighted by atomic mass is 10.0. The maximum atomic E-state index is 12.5. The molecule has 8 heteroatoms. The number of carboxylic acid groups (broad SMARTS) is 1. The Kier molecular flexibility index (Phi) is 3.82.